The Kier molecular flexibility index (Phi) is 4.37. The van der Waals surface area contributed by atoms with Gasteiger partial charge in [-0.25, -0.2) is 8.42 Å². The number of hydrogen-bond acceptors (Lipinski definition) is 4. The highest BCUT2D eigenvalue weighted by molar-refractivity contribution is 7.99. The monoisotopic (exact) mass is 289 g/mol. The lowest BCUT2D eigenvalue weighted by molar-refractivity contribution is 0.394. The Morgan fingerprint density at radius 2 is 2.39 bits per heavy atom. The van der Waals surface area contributed by atoms with Gasteiger partial charge in [0, 0.05) is 37.3 Å². The molecule has 0 aliphatic carbocycles. The van der Waals surface area contributed by atoms with Gasteiger partial charge < -0.3 is 10.3 Å². The number of aromatic amines is 1. The summed E-state index contributed by atoms with van der Waals surface area (Å²) < 4.78 is 26.3. The Labute approximate surface area is 112 Å². The third-order valence-corrected chi connectivity index (χ3v) is 6.21. The smallest absolute Gasteiger partial charge is 0.244 e. The minimum absolute atomic E-state index is 0.127. The Morgan fingerprint density at radius 1 is 1.61 bits per heavy atom. The summed E-state index contributed by atoms with van der Waals surface area (Å²) >= 11 is 1.81. The number of aromatic nitrogens is 1. The summed E-state index contributed by atoms with van der Waals surface area (Å²) in [5.74, 6) is 1.94. The molecule has 7 heteroatoms. The van der Waals surface area contributed by atoms with Gasteiger partial charge in [0.15, 0.2) is 0 Å². The van der Waals surface area contributed by atoms with E-state index in [4.69, 9.17) is 0 Å². The molecule has 1 aromatic heterocycles. The van der Waals surface area contributed by atoms with Crippen LogP contribution in [0.15, 0.2) is 17.2 Å². The van der Waals surface area contributed by atoms with E-state index in [1.807, 2.05) is 18.8 Å². The van der Waals surface area contributed by atoms with E-state index in [0.717, 1.165) is 23.6 Å². The van der Waals surface area contributed by atoms with Gasteiger partial charge in [-0.1, -0.05) is 0 Å². The first-order valence-electron chi connectivity index (χ1n) is 5.93. The molecule has 2 rings (SSSR count). The standard InChI is InChI=1S/C11H19N3O2S2/c1-12-6-9-5-11(7-13-9)18(15,16)14(2)10-3-4-17-8-10/h5,7,10,12-13H,3-4,6,8H2,1-2H3. The van der Waals surface area contributed by atoms with E-state index >= 15 is 0 Å². The van der Waals surface area contributed by atoms with Crippen LogP contribution in [0.1, 0.15) is 12.1 Å². The topological polar surface area (TPSA) is 65.2 Å². The maximum absolute atomic E-state index is 12.4. The zero-order valence-electron chi connectivity index (χ0n) is 10.6. The predicted octanol–water partition coefficient (Wildman–Crippen LogP) is 0.860. The summed E-state index contributed by atoms with van der Waals surface area (Å²) in [7, 11) is 0.149. The lowest BCUT2D eigenvalue weighted by Gasteiger charge is -2.22. The van der Waals surface area contributed by atoms with Crippen molar-refractivity contribution in [1.82, 2.24) is 14.6 Å². The molecular formula is C11H19N3O2S2. The maximum atomic E-state index is 12.4. The highest BCUT2D eigenvalue weighted by Crippen LogP contribution is 2.26. The zero-order valence-corrected chi connectivity index (χ0v) is 12.3. The van der Waals surface area contributed by atoms with Gasteiger partial charge in [0.05, 0.1) is 4.90 Å². The summed E-state index contributed by atoms with van der Waals surface area (Å²) in [6, 6.07) is 1.83. The molecule has 0 spiro atoms. The third kappa shape index (κ3) is 2.74. The Balaban J connectivity index is 2.18. The molecule has 1 fully saturated rings. The van der Waals surface area contributed by atoms with E-state index in [1.165, 1.54) is 4.31 Å². The molecule has 0 aromatic carbocycles. The predicted molar refractivity (Wildman–Crippen MR) is 74.2 cm³/mol. The van der Waals surface area contributed by atoms with Crippen molar-refractivity contribution < 1.29 is 8.42 Å². The second kappa shape index (κ2) is 5.64. The van der Waals surface area contributed by atoms with E-state index in [2.05, 4.69) is 10.3 Å². The zero-order chi connectivity index (χ0) is 13.2. The molecule has 2 N–H and O–H groups in total. The van der Waals surface area contributed by atoms with E-state index in [-0.39, 0.29) is 6.04 Å². The van der Waals surface area contributed by atoms with Crippen molar-refractivity contribution in [3.8, 4) is 0 Å². The molecule has 2 heterocycles. The van der Waals surface area contributed by atoms with Crippen molar-refractivity contribution >= 4 is 21.8 Å². The van der Waals surface area contributed by atoms with E-state index in [9.17, 15) is 8.42 Å². The number of nitrogens with zero attached hydrogens (tertiary/aromatic N) is 1. The molecule has 1 aromatic rings. The number of hydrogen-bond donors (Lipinski definition) is 2. The van der Waals surface area contributed by atoms with Crippen molar-refractivity contribution in [2.75, 3.05) is 25.6 Å². The van der Waals surface area contributed by atoms with Crippen LogP contribution in [0.5, 0.6) is 0 Å². The second-order valence-electron chi connectivity index (χ2n) is 4.43. The molecule has 0 saturated carbocycles. The minimum atomic E-state index is -3.36. The van der Waals surface area contributed by atoms with Gasteiger partial charge >= 0.3 is 0 Å². The normalized spacial score (nSPS) is 20.7. The molecule has 1 aliphatic rings. The van der Waals surface area contributed by atoms with Crippen LogP contribution in [0.2, 0.25) is 0 Å². The first-order valence-corrected chi connectivity index (χ1v) is 8.53. The van der Waals surface area contributed by atoms with Crippen molar-refractivity contribution in [3.05, 3.63) is 18.0 Å². The molecule has 1 saturated heterocycles. The molecular weight excluding hydrogens is 270 g/mol. The van der Waals surface area contributed by atoms with Crippen LogP contribution in [-0.2, 0) is 16.6 Å². The van der Waals surface area contributed by atoms with Crippen LogP contribution < -0.4 is 5.32 Å². The van der Waals surface area contributed by atoms with Gasteiger partial charge in [0.25, 0.3) is 0 Å². The van der Waals surface area contributed by atoms with Gasteiger partial charge in [0.1, 0.15) is 0 Å². The summed E-state index contributed by atoms with van der Waals surface area (Å²) in [5, 5.41) is 2.99. The second-order valence-corrected chi connectivity index (χ2v) is 7.58. The molecule has 1 aliphatic heterocycles. The quantitative estimate of drug-likeness (QED) is 0.844. The van der Waals surface area contributed by atoms with Gasteiger partial charge in [-0.3, -0.25) is 0 Å². The van der Waals surface area contributed by atoms with Crippen molar-refractivity contribution in [3.63, 3.8) is 0 Å². The number of thioether (sulfide) groups is 1. The van der Waals surface area contributed by atoms with E-state index in [1.54, 1.807) is 19.3 Å². The fourth-order valence-corrected chi connectivity index (χ4v) is 4.80. The van der Waals surface area contributed by atoms with Crippen LogP contribution in [0.3, 0.4) is 0 Å². The summed E-state index contributed by atoms with van der Waals surface area (Å²) in [6.45, 7) is 0.637. The highest BCUT2D eigenvalue weighted by atomic mass is 32.2. The van der Waals surface area contributed by atoms with Crippen LogP contribution in [0.4, 0.5) is 0 Å². The van der Waals surface area contributed by atoms with Crippen LogP contribution in [0, 0.1) is 0 Å². The Bertz CT molecular complexity index is 492. The highest BCUT2D eigenvalue weighted by Gasteiger charge is 2.30. The van der Waals surface area contributed by atoms with Gasteiger partial charge in [-0.05, 0) is 25.3 Å². The third-order valence-electron chi connectivity index (χ3n) is 3.18. The van der Waals surface area contributed by atoms with E-state index in [0.29, 0.717) is 11.4 Å². The van der Waals surface area contributed by atoms with Crippen LogP contribution >= 0.6 is 11.8 Å². The molecule has 102 valence electrons. The number of rotatable bonds is 5. The van der Waals surface area contributed by atoms with Crippen molar-refractivity contribution in [1.29, 1.82) is 0 Å². The number of H-pyrrole nitrogens is 1. The summed E-state index contributed by atoms with van der Waals surface area (Å²) in [5.41, 5.74) is 0.880. The SMILES string of the molecule is CNCc1cc(S(=O)(=O)N(C)C2CCSC2)c[nH]1. The first kappa shape index (κ1) is 13.9. The summed E-state index contributed by atoms with van der Waals surface area (Å²) in [4.78, 5) is 3.34. The van der Waals surface area contributed by atoms with Gasteiger partial charge in [-0.2, -0.15) is 16.1 Å². The van der Waals surface area contributed by atoms with Crippen molar-refractivity contribution in [2.45, 2.75) is 23.9 Å². The number of nitrogens with one attached hydrogen (secondary N) is 2. The Morgan fingerprint density at radius 3 is 3.00 bits per heavy atom. The van der Waals surface area contributed by atoms with Gasteiger partial charge in [0.2, 0.25) is 10.0 Å². The summed E-state index contributed by atoms with van der Waals surface area (Å²) in [6.07, 6.45) is 2.51. The van der Waals surface area contributed by atoms with Crippen molar-refractivity contribution in [2.24, 2.45) is 0 Å². The molecule has 1 unspecified atom stereocenters. The van der Waals surface area contributed by atoms with Crippen LogP contribution in [0.25, 0.3) is 0 Å². The lowest BCUT2D eigenvalue weighted by Crippen LogP contribution is -2.36. The largest absolute Gasteiger partial charge is 0.363 e. The lowest BCUT2D eigenvalue weighted by atomic mass is 10.3. The molecule has 0 amide bonds. The Hall–Kier alpha value is -0.500. The van der Waals surface area contributed by atoms with Gasteiger partial charge in [-0.15, -0.1) is 0 Å². The molecule has 18 heavy (non-hydrogen) atoms. The molecule has 0 radical (unpaired) electrons. The van der Waals surface area contributed by atoms with E-state index < -0.39 is 10.0 Å². The number of sulfonamides is 1. The first-order chi connectivity index (χ1) is 8.55. The average Bonchev–Trinajstić information content (AvgIpc) is 2.99. The molecule has 1 atom stereocenters. The fraction of sp³-hybridized carbons (Fsp3) is 0.636. The average molecular weight is 289 g/mol. The van der Waals surface area contributed by atoms with Crippen LogP contribution in [-0.4, -0.2) is 49.3 Å². The fourth-order valence-electron chi connectivity index (χ4n) is 2.03. The minimum Gasteiger partial charge on any atom is -0.363 e. The molecule has 5 nitrogen and oxygen atoms in total. The molecule has 0 bridgehead atoms. The maximum Gasteiger partial charge on any atom is 0.244 e.